The minimum atomic E-state index is -0.0851. The molecule has 0 saturated heterocycles. The normalized spacial score (nSPS) is 24.4. The van der Waals surface area contributed by atoms with Gasteiger partial charge in [-0.2, -0.15) is 0 Å². The smallest absolute Gasteiger partial charge is 0.123 e. The van der Waals surface area contributed by atoms with Crippen LogP contribution in [0.15, 0.2) is 24.3 Å². The van der Waals surface area contributed by atoms with Crippen molar-refractivity contribution >= 4 is 0 Å². The van der Waals surface area contributed by atoms with Crippen LogP contribution in [0.1, 0.15) is 44.2 Å². The number of ether oxygens (including phenoxy) is 1. The van der Waals surface area contributed by atoms with Crippen LogP contribution in [0.25, 0.3) is 0 Å². The summed E-state index contributed by atoms with van der Waals surface area (Å²) < 4.78 is 5.44. The minimum Gasteiger partial charge on any atom is -0.496 e. The summed E-state index contributed by atoms with van der Waals surface area (Å²) in [6.07, 6.45) is 3.98. The molecule has 1 aromatic carbocycles. The van der Waals surface area contributed by atoms with Crippen LogP contribution in [0.2, 0.25) is 0 Å². The highest BCUT2D eigenvalue weighted by Gasteiger charge is 2.23. The topological polar surface area (TPSA) is 41.5 Å². The number of aliphatic hydroxyl groups is 1. The number of para-hydroxylation sites is 1. The van der Waals surface area contributed by atoms with Crippen LogP contribution in [-0.2, 0) is 0 Å². The number of hydrogen-bond donors (Lipinski definition) is 2. The lowest BCUT2D eigenvalue weighted by molar-refractivity contribution is 0.177. The van der Waals surface area contributed by atoms with E-state index in [1.54, 1.807) is 7.11 Å². The molecule has 0 aliphatic heterocycles. The summed E-state index contributed by atoms with van der Waals surface area (Å²) in [6, 6.07) is 8.53. The molecule has 3 unspecified atom stereocenters. The molecule has 0 aromatic heterocycles. The van der Waals surface area contributed by atoms with Crippen LogP contribution in [-0.4, -0.2) is 24.9 Å². The highest BCUT2D eigenvalue weighted by molar-refractivity contribution is 5.35. The fourth-order valence-corrected chi connectivity index (χ4v) is 2.97. The molecule has 1 aromatic rings. The average molecular weight is 263 g/mol. The Morgan fingerprint density at radius 2 is 2.16 bits per heavy atom. The Hall–Kier alpha value is -1.06. The predicted octanol–water partition coefficient (Wildman–Crippen LogP) is 2.90. The second-order valence-electron chi connectivity index (χ2n) is 5.44. The quantitative estimate of drug-likeness (QED) is 0.829. The molecule has 0 spiro atoms. The van der Waals surface area contributed by atoms with E-state index in [9.17, 15) is 5.11 Å². The van der Waals surface area contributed by atoms with E-state index < -0.39 is 0 Å². The zero-order chi connectivity index (χ0) is 13.7. The third-order valence-electron chi connectivity index (χ3n) is 4.09. The van der Waals surface area contributed by atoms with Crippen molar-refractivity contribution in [2.75, 3.05) is 13.7 Å². The van der Waals surface area contributed by atoms with E-state index in [1.807, 2.05) is 12.1 Å². The lowest BCUT2D eigenvalue weighted by Crippen LogP contribution is -2.26. The summed E-state index contributed by atoms with van der Waals surface area (Å²) in [6.45, 7) is 3.17. The zero-order valence-corrected chi connectivity index (χ0v) is 11.9. The molecule has 0 bridgehead atoms. The molecular formula is C16H25NO2. The predicted molar refractivity (Wildman–Crippen MR) is 77.4 cm³/mol. The number of nitrogens with one attached hydrogen (secondary N) is 1. The minimum absolute atomic E-state index is 0.0851. The first-order valence-electron chi connectivity index (χ1n) is 7.29. The molecular weight excluding hydrogens is 238 g/mol. The fraction of sp³-hybridized carbons (Fsp3) is 0.625. The zero-order valence-electron chi connectivity index (χ0n) is 11.9. The molecule has 1 saturated carbocycles. The Morgan fingerprint density at radius 3 is 2.79 bits per heavy atom. The highest BCUT2D eigenvalue weighted by Crippen LogP contribution is 2.29. The van der Waals surface area contributed by atoms with Crippen molar-refractivity contribution in [1.29, 1.82) is 0 Å². The molecule has 0 heterocycles. The first kappa shape index (κ1) is 14.4. The second-order valence-corrected chi connectivity index (χ2v) is 5.44. The number of hydrogen-bond acceptors (Lipinski definition) is 3. The first-order valence-corrected chi connectivity index (χ1v) is 7.29. The van der Waals surface area contributed by atoms with E-state index in [0.717, 1.165) is 38.0 Å². The molecule has 3 atom stereocenters. The van der Waals surface area contributed by atoms with Crippen LogP contribution in [0.5, 0.6) is 5.75 Å². The maximum Gasteiger partial charge on any atom is 0.123 e. The summed E-state index contributed by atoms with van der Waals surface area (Å²) >= 11 is 0. The highest BCUT2D eigenvalue weighted by atomic mass is 16.5. The lowest BCUT2D eigenvalue weighted by atomic mass is 10.0. The van der Waals surface area contributed by atoms with Crippen molar-refractivity contribution < 1.29 is 9.84 Å². The number of methoxy groups -OCH3 is 1. The monoisotopic (exact) mass is 263 g/mol. The maximum absolute atomic E-state index is 9.57. The standard InChI is InChI=1S/C16H25NO2/c1-3-15(14-6-4-5-7-16(14)19-2)17-11-12-8-9-13(18)10-12/h4-7,12-13,15,17-18H,3,8-11H2,1-2H3. The van der Waals surface area contributed by atoms with Crippen LogP contribution in [0.4, 0.5) is 0 Å². The molecule has 0 amide bonds. The van der Waals surface area contributed by atoms with Gasteiger partial charge in [-0.15, -0.1) is 0 Å². The van der Waals surface area contributed by atoms with Gasteiger partial charge in [0, 0.05) is 11.6 Å². The molecule has 1 fully saturated rings. The third-order valence-corrected chi connectivity index (χ3v) is 4.09. The summed E-state index contributed by atoms with van der Waals surface area (Å²) in [4.78, 5) is 0. The lowest BCUT2D eigenvalue weighted by Gasteiger charge is -2.22. The van der Waals surface area contributed by atoms with E-state index in [2.05, 4.69) is 24.4 Å². The summed E-state index contributed by atoms with van der Waals surface area (Å²) in [5.41, 5.74) is 1.23. The molecule has 3 nitrogen and oxygen atoms in total. The van der Waals surface area contributed by atoms with Crippen molar-refractivity contribution in [3.05, 3.63) is 29.8 Å². The second kappa shape index (κ2) is 6.92. The first-order chi connectivity index (χ1) is 9.24. The molecule has 1 aliphatic rings. The Balaban J connectivity index is 1.96. The molecule has 2 rings (SSSR count). The fourth-order valence-electron chi connectivity index (χ4n) is 2.97. The van der Waals surface area contributed by atoms with E-state index in [4.69, 9.17) is 4.74 Å². The Bertz CT molecular complexity index is 394. The van der Waals surface area contributed by atoms with Crippen molar-refractivity contribution in [1.82, 2.24) is 5.32 Å². The number of aliphatic hydroxyl groups excluding tert-OH is 1. The Morgan fingerprint density at radius 1 is 1.37 bits per heavy atom. The SMILES string of the molecule is CCC(NCC1CCC(O)C1)c1ccccc1OC. The van der Waals surface area contributed by atoms with Gasteiger partial charge >= 0.3 is 0 Å². The van der Waals surface area contributed by atoms with Crippen LogP contribution in [0, 0.1) is 5.92 Å². The molecule has 19 heavy (non-hydrogen) atoms. The van der Waals surface area contributed by atoms with Gasteiger partial charge < -0.3 is 15.2 Å². The van der Waals surface area contributed by atoms with Gasteiger partial charge in [-0.25, -0.2) is 0 Å². The van der Waals surface area contributed by atoms with Gasteiger partial charge in [0.15, 0.2) is 0 Å². The van der Waals surface area contributed by atoms with Crippen molar-refractivity contribution in [3.8, 4) is 5.75 Å². The Kier molecular flexibility index (Phi) is 5.23. The summed E-state index contributed by atoms with van der Waals surface area (Å²) in [7, 11) is 1.72. The molecule has 1 aliphatic carbocycles. The van der Waals surface area contributed by atoms with Gasteiger partial charge in [0.1, 0.15) is 5.75 Å². The van der Waals surface area contributed by atoms with Crippen LogP contribution < -0.4 is 10.1 Å². The number of benzene rings is 1. The van der Waals surface area contributed by atoms with Gasteiger partial charge in [-0.3, -0.25) is 0 Å². The van der Waals surface area contributed by atoms with Crippen molar-refractivity contribution in [2.24, 2.45) is 5.92 Å². The van der Waals surface area contributed by atoms with E-state index in [-0.39, 0.29) is 6.10 Å². The molecule has 106 valence electrons. The largest absolute Gasteiger partial charge is 0.496 e. The van der Waals surface area contributed by atoms with Gasteiger partial charge in [0.2, 0.25) is 0 Å². The van der Waals surface area contributed by atoms with Crippen molar-refractivity contribution in [2.45, 2.75) is 44.8 Å². The van der Waals surface area contributed by atoms with Crippen molar-refractivity contribution in [3.63, 3.8) is 0 Å². The van der Waals surface area contributed by atoms with Crippen LogP contribution in [0.3, 0.4) is 0 Å². The van der Waals surface area contributed by atoms with E-state index in [0.29, 0.717) is 12.0 Å². The average Bonchev–Trinajstić information content (AvgIpc) is 2.86. The van der Waals surface area contributed by atoms with Gasteiger partial charge in [-0.1, -0.05) is 25.1 Å². The van der Waals surface area contributed by atoms with Gasteiger partial charge in [-0.05, 0) is 44.2 Å². The Labute approximate surface area is 116 Å². The van der Waals surface area contributed by atoms with Gasteiger partial charge in [0.05, 0.1) is 13.2 Å². The summed E-state index contributed by atoms with van der Waals surface area (Å²) in [5.74, 6) is 1.56. The number of rotatable bonds is 6. The molecule has 2 N–H and O–H groups in total. The summed E-state index contributed by atoms with van der Waals surface area (Å²) in [5, 5.41) is 13.2. The van der Waals surface area contributed by atoms with E-state index >= 15 is 0 Å². The molecule has 3 heteroatoms. The van der Waals surface area contributed by atoms with Crippen LogP contribution >= 0.6 is 0 Å². The molecule has 0 radical (unpaired) electrons. The van der Waals surface area contributed by atoms with Gasteiger partial charge in [0.25, 0.3) is 0 Å². The maximum atomic E-state index is 9.57. The third kappa shape index (κ3) is 3.71. The van der Waals surface area contributed by atoms with E-state index in [1.165, 1.54) is 5.56 Å².